The molecule has 20 heavy (non-hydrogen) atoms. The summed E-state index contributed by atoms with van der Waals surface area (Å²) in [7, 11) is -3.19. The van der Waals surface area contributed by atoms with Crippen LogP contribution in [0.1, 0.15) is 0 Å². The number of nitrogens with two attached hydrogens (primary N) is 1. The molecule has 2 aromatic rings. The van der Waals surface area contributed by atoms with Gasteiger partial charge in [0.1, 0.15) is 5.82 Å². The van der Waals surface area contributed by atoms with E-state index in [0.717, 1.165) is 17.2 Å². The summed E-state index contributed by atoms with van der Waals surface area (Å²) in [5.41, 5.74) is 3.14. The van der Waals surface area contributed by atoms with Gasteiger partial charge in [0.15, 0.2) is 0 Å². The highest BCUT2D eigenvalue weighted by atomic mass is 32.2. The lowest BCUT2D eigenvalue weighted by atomic mass is 10.2. The van der Waals surface area contributed by atoms with Crippen LogP contribution >= 0.6 is 0 Å². The van der Waals surface area contributed by atoms with Gasteiger partial charge in [-0.1, -0.05) is 12.1 Å². The van der Waals surface area contributed by atoms with Crippen molar-refractivity contribution < 1.29 is 8.42 Å². The Bertz CT molecular complexity index is 703. The summed E-state index contributed by atoms with van der Waals surface area (Å²) in [5, 5.41) is 3.90. The van der Waals surface area contributed by atoms with Crippen molar-refractivity contribution in [3.8, 4) is 0 Å². The highest BCUT2D eigenvalue weighted by Crippen LogP contribution is 2.20. The lowest BCUT2D eigenvalue weighted by molar-refractivity contribution is 0.589. The molecule has 1 aromatic heterocycles. The zero-order valence-corrected chi connectivity index (χ0v) is 11.7. The molecule has 0 aliphatic carbocycles. The smallest absolute Gasteiger partial charge is 0.239 e. The van der Waals surface area contributed by atoms with E-state index in [2.05, 4.69) is 25.4 Å². The number of hydrogen-bond donors (Lipinski definition) is 4. The first kappa shape index (κ1) is 14.4. The number of para-hydroxylation sites is 1. The summed E-state index contributed by atoms with van der Waals surface area (Å²) in [6, 6.07) is 7.46. The van der Waals surface area contributed by atoms with Gasteiger partial charge in [-0.2, -0.15) is 4.98 Å². The first-order chi connectivity index (χ1) is 9.49. The summed E-state index contributed by atoms with van der Waals surface area (Å²) in [5.74, 6) is 6.22. The van der Waals surface area contributed by atoms with Gasteiger partial charge < -0.3 is 5.32 Å². The number of nitrogen functional groups attached to an aromatic ring is 1. The fraction of sp³-hybridized carbons (Fsp3) is 0.273. The van der Waals surface area contributed by atoms with Crippen LogP contribution in [0.2, 0.25) is 0 Å². The van der Waals surface area contributed by atoms with E-state index in [9.17, 15) is 8.42 Å². The molecule has 8 nitrogen and oxygen atoms in total. The van der Waals surface area contributed by atoms with Crippen LogP contribution in [0.4, 0.5) is 11.8 Å². The Hall–Kier alpha value is -1.97. The Labute approximate surface area is 116 Å². The number of nitrogens with zero attached hydrogens (tertiary/aromatic N) is 2. The van der Waals surface area contributed by atoms with E-state index in [1.165, 1.54) is 0 Å². The van der Waals surface area contributed by atoms with Crippen molar-refractivity contribution in [1.29, 1.82) is 0 Å². The van der Waals surface area contributed by atoms with E-state index < -0.39 is 10.0 Å². The van der Waals surface area contributed by atoms with Crippen molar-refractivity contribution in [1.82, 2.24) is 14.7 Å². The van der Waals surface area contributed by atoms with Crippen molar-refractivity contribution in [2.75, 3.05) is 30.1 Å². The molecule has 1 heterocycles. The second-order valence-electron chi connectivity index (χ2n) is 4.15. The largest absolute Gasteiger partial charge is 0.368 e. The van der Waals surface area contributed by atoms with Crippen LogP contribution in [0.25, 0.3) is 10.9 Å². The van der Waals surface area contributed by atoms with E-state index in [1.54, 1.807) is 0 Å². The number of hydrogen-bond acceptors (Lipinski definition) is 7. The minimum Gasteiger partial charge on any atom is -0.368 e. The Morgan fingerprint density at radius 3 is 2.65 bits per heavy atom. The minimum absolute atomic E-state index is 0.266. The number of hydrazine groups is 1. The monoisotopic (exact) mass is 296 g/mol. The molecule has 0 saturated carbocycles. The van der Waals surface area contributed by atoms with Crippen LogP contribution in [-0.4, -0.2) is 37.7 Å². The molecule has 0 unspecified atom stereocenters. The summed E-state index contributed by atoms with van der Waals surface area (Å²) in [6.07, 6.45) is 1.11. The molecule has 0 aliphatic heterocycles. The summed E-state index contributed by atoms with van der Waals surface area (Å²) < 4.78 is 24.3. The van der Waals surface area contributed by atoms with Gasteiger partial charge in [0.25, 0.3) is 0 Å². The third kappa shape index (κ3) is 3.76. The fourth-order valence-corrected chi connectivity index (χ4v) is 2.17. The Kier molecular flexibility index (Phi) is 4.32. The fourth-order valence-electron chi connectivity index (χ4n) is 1.69. The van der Waals surface area contributed by atoms with Crippen LogP contribution in [0.5, 0.6) is 0 Å². The average Bonchev–Trinajstić information content (AvgIpc) is 2.42. The molecular weight excluding hydrogens is 280 g/mol. The van der Waals surface area contributed by atoms with E-state index in [-0.39, 0.29) is 6.54 Å². The third-order valence-corrected chi connectivity index (χ3v) is 3.24. The number of nitrogens with one attached hydrogen (secondary N) is 3. The quantitative estimate of drug-likeness (QED) is 0.333. The molecule has 108 valence electrons. The first-order valence-electron chi connectivity index (χ1n) is 5.91. The number of aromatic nitrogens is 2. The number of rotatable bonds is 6. The molecule has 0 radical (unpaired) electrons. The highest BCUT2D eigenvalue weighted by Gasteiger charge is 2.06. The maximum atomic E-state index is 11.0. The van der Waals surface area contributed by atoms with Gasteiger partial charge >= 0.3 is 0 Å². The van der Waals surface area contributed by atoms with Crippen molar-refractivity contribution in [3.63, 3.8) is 0 Å². The van der Waals surface area contributed by atoms with Gasteiger partial charge in [-0.05, 0) is 12.1 Å². The molecule has 0 spiro atoms. The average molecular weight is 296 g/mol. The molecule has 0 atom stereocenters. The number of benzene rings is 1. The van der Waals surface area contributed by atoms with Crippen molar-refractivity contribution >= 4 is 32.7 Å². The lowest BCUT2D eigenvalue weighted by Crippen LogP contribution is -2.28. The molecule has 0 amide bonds. The van der Waals surface area contributed by atoms with Gasteiger partial charge in [-0.3, -0.25) is 5.43 Å². The highest BCUT2D eigenvalue weighted by molar-refractivity contribution is 7.88. The molecular formula is C11H16N6O2S. The van der Waals surface area contributed by atoms with Gasteiger partial charge in [-0.25, -0.2) is 24.0 Å². The lowest BCUT2D eigenvalue weighted by Gasteiger charge is -2.10. The van der Waals surface area contributed by atoms with Gasteiger partial charge in [0.2, 0.25) is 16.0 Å². The molecule has 0 aliphatic rings. The summed E-state index contributed by atoms with van der Waals surface area (Å²) >= 11 is 0. The van der Waals surface area contributed by atoms with Gasteiger partial charge in [0.05, 0.1) is 11.8 Å². The summed E-state index contributed by atoms with van der Waals surface area (Å²) in [6.45, 7) is 0.667. The van der Waals surface area contributed by atoms with E-state index in [1.807, 2.05) is 24.3 Å². The van der Waals surface area contributed by atoms with Crippen LogP contribution < -0.4 is 21.3 Å². The Morgan fingerprint density at radius 1 is 1.20 bits per heavy atom. The second kappa shape index (κ2) is 5.99. The second-order valence-corrected chi connectivity index (χ2v) is 5.98. The molecule has 9 heteroatoms. The van der Waals surface area contributed by atoms with E-state index in [4.69, 9.17) is 5.84 Å². The van der Waals surface area contributed by atoms with Gasteiger partial charge in [-0.15, -0.1) is 0 Å². The molecule has 2 rings (SSSR count). The van der Waals surface area contributed by atoms with Crippen molar-refractivity contribution in [3.05, 3.63) is 24.3 Å². The Morgan fingerprint density at radius 2 is 1.95 bits per heavy atom. The van der Waals surface area contributed by atoms with Crippen molar-refractivity contribution in [2.45, 2.75) is 0 Å². The molecule has 0 saturated heterocycles. The van der Waals surface area contributed by atoms with Crippen LogP contribution in [0, 0.1) is 0 Å². The topological polar surface area (TPSA) is 122 Å². The number of fused-ring (bicyclic) bond motifs is 1. The zero-order valence-electron chi connectivity index (χ0n) is 10.9. The molecule has 0 fully saturated rings. The molecule has 0 bridgehead atoms. The van der Waals surface area contributed by atoms with Gasteiger partial charge in [0, 0.05) is 18.5 Å². The van der Waals surface area contributed by atoms with Crippen LogP contribution in [0.3, 0.4) is 0 Å². The normalized spacial score (nSPS) is 11.5. The SMILES string of the molecule is CS(=O)(=O)NCCNc1nc(NN)nc2ccccc12. The van der Waals surface area contributed by atoms with E-state index in [0.29, 0.717) is 18.3 Å². The standard InChI is InChI=1S/C11H16N6O2S/c1-20(18,19)14-7-6-13-10-8-4-2-3-5-9(8)15-11(16-10)17-12/h2-5,14H,6-7,12H2,1H3,(H2,13,15,16,17). The Balaban J connectivity index is 2.16. The maximum absolute atomic E-state index is 11.0. The molecule has 1 aromatic carbocycles. The third-order valence-electron chi connectivity index (χ3n) is 2.51. The van der Waals surface area contributed by atoms with E-state index >= 15 is 0 Å². The van der Waals surface area contributed by atoms with Crippen LogP contribution in [-0.2, 0) is 10.0 Å². The predicted molar refractivity (Wildman–Crippen MR) is 78.7 cm³/mol. The number of sulfonamides is 1. The van der Waals surface area contributed by atoms with Crippen LogP contribution in [0.15, 0.2) is 24.3 Å². The zero-order chi connectivity index (χ0) is 14.6. The minimum atomic E-state index is -3.19. The first-order valence-corrected chi connectivity index (χ1v) is 7.80. The maximum Gasteiger partial charge on any atom is 0.239 e. The summed E-state index contributed by atoms with van der Waals surface area (Å²) in [4.78, 5) is 8.44. The molecule has 5 N–H and O–H groups in total. The number of anilines is 2. The predicted octanol–water partition coefficient (Wildman–Crippen LogP) is -0.123. The van der Waals surface area contributed by atoms with Crippen molar-refractivity contribution in [2.24, 2.45) is 5.84 Å².